The van der Waals surface area contributed by atoms with Gasteiger partial charge in [-0.2, -0.15) is 0 Å². The van der Waals surface area contributed by atoms with E-state index in [2.05, 4.69) is 55.6 Å². The number of ether oxygens (including phenoxy) is 2. The molecule has 1 amide bonds. The summed E-state index contributed by atoms with van der Waals surface area (Å²) >= 11 is 0. The summed E-state index contributed by atoms with van der Waals surface area (Å²) in [5, 5.41) is 3.95. The quantitative estimate of drug-likeness (QED) is 0.298. The van der Waals surface area contributed by atoms with Gasteiger partial charge in [-0.3, -0.25) is 0 Å². The number of rotatable bonds is 9. The summed E-state index contributed by atoms with van der Waals surface area (Å²) in [6.45, 7) is 16.3. The van der Waals surface area contributed by atoms with Crippen LogP contribution in [0.3, 0.4) is 0 Å². The Morgan fingerprint density at radius 1 is 0.884 bits per heavy atom. The predicted molar refractivity (Wildman–Crippen MR) is 174 cm³/mol. The maximum absolute atomic E-state index is 13.4. The highest BCUT2D eigenvalue weighted by molar-refractivity contribution is 5.89. The average molecular weight is 589 g/mol. The Balaban J connectivity index is 1.36. The lowest BCUT2D eigenvalue weighted by Gasteiger charge is -2.38. The minimum Gasteiger partial charge on any atom is -0.456 e. The number of nitrogens with zero attached hydrogens (tertiary/aromatic N) is 1. The molecule has 2 atom stereocenters. The van der Waals surface area contributed by atoms with Crippen molar-refractivity contribution in [1.82, 2.24) is 10.2 Å². The van der Waals surface area contributed by atoms with Gasteiger partial charge in [0.1, 0.15) is 11.2 Å². The Bertz CT molecular complexity index is 1250. The number of hydrogen-bond donors (Lipinski definition) is 1. The fourth-order valence-electron chi connectivity index (χ4n) is 5.99. The van der Waals surface area contributed by atoms with Gasteiger partial charge >= 0.3 is 12.1 Å². The van der Waals surface area contributed by atoms with Crippen molar-refractivity contribution in [2.75, 3.05) is 0 Å². The maximum atomic E-state index is 13.4. The second kappa shape index (κ2) is 13.7. The molecule has 6 heteroatoms. The molecule has 2 saturated carbocycles. The summed E-state index contributed by atoms with van der Waals surface area (Å²) in [7, 11) is 0. The zero-order valence-electron chi connectivity index (χ0n) is 27.5. The Morgan fingerprint density at radius 2 is 1.49 bits per heavy atom. The summed E-state index contributed by atoms with van der Waals surface area (Å²) < 4.78 is 11.3. The van der Waals surface area contributed by atoms with E-state index in [0.717, 1.165) is 31.2 Å². The van der Waals surface area contributed by atoms with Crippen LogP contribution in [0.4, 0.5) is 4.79 Å². The van der Waals surface area contributed by atoms with Crippen molar-refractivity contribution in [2.45, 2.75) is 123 Å². The maximum Gasteiger partial charge on any atom is 0.410 e. The van der Waals surface area contributed by atoms with Crippen LogP contribution in [0.15, 0.2) is 60.2 Å². The summed E-state index contributed by atoms with van der Waals surface area (Å²) in [6, 6.07) is 19.1. The highest BCUT2D eigenvalue weighted by Crippen LogP contribution is 2.42. The van der Waals surface area contributed by atoms with Crippen LogP contribution in [0.25, 0.3) is 6.08 Å². The lowest BCUT2D eigenvalue weighted by atomic mass is 9.89. The topological polar surface area (TPSA) is 67.9 Å². The lowest BCUT2D eigenvalue weighted by molar-refractivity contribution is 0.00616. The molecule has 0 aromatic heterocycles. The highest BCUT2D eigenvalue weighted by Gasteiger charge is 2.42. The number of hydrogen-bond acceptors (Lipinski definition) is 5. The van der Waals surface area contributed by atoms with E-state index in [9.17, 15) is 9.59 Å². The van der Waals surface area contributed by atoms with Gasteiger partial charge in [0.2, 0.25) is 0 Å². The van der Waals surface area contributed by atoms with Gasteiger partial charge in [0.05, 0.1) is 5.56 Å². The molecule has 2 aromatic carbocycles. The molecular weight excluding hydrogens is 536 g/mol. The second-order valence-corrected chi connectivity index (χ2v) is 14.6. The van der Waals surface area contributed by atoms with Crippen LogP contribution in [-0.4, -0.2) is 46.3 Å². The molecule has 2 aromatic rings. The van der Waals surface area contributed by atoms with Gasteiger partial charge in [-0.05, 0) is 109 Å². The molecule has 43 heavy (non-hydrogen) atoms. The largest absolute Gasteiger partial charge is 0.456 e. The summed E-state index contributed by atoms with van der Waals surface area (Å²) in [5.41, 5.74) is 3.16. The zero-order chi connectivity index (χ0) is 31.4. The van der Waals surface area contributed by atoms with Gasteiger partial charge in [-0.1, -0.05) is 68.0 Å². The number of esters is 1. The monoisotopic (exact) mass is 588 g/mol. The number of amides is 1. The molecule has 0 heterocycles. The van der Waals surface area contributed by atoms with Crippen molar-refractivity contribution in [3.63, 3.8) is 0 Å². The van der Waals surface area contributed by atoms with Crippen LogP contribution in [0.1, 0.15) is 109 Å². The third kappa shape index (κ3) is 9.96. The van der Waals surface area contributed by atoms with E-state index in [-0.39, 0.29) is 18.1 Å². The minimum atomic E-state index is -0.572. The third-order valence-electron chi connectivity index (χ3n) is 8.17. The normalized spacial score (nSPS) is 22.7. The van der Waals surface area contributed by atoms with Crippen molar-refractivity contribution < 1.29 is 19.1 Å². The van der Waals surface area contributed by atoms with Crippen molar-refractivity contribution in [1.29, 1.82) is 0 Å². The third-order valence-corrected chi connectivity index (χ3v) is 8.17. The second-order valence-electron chi connectivity index (χ2n) is 14.6. The molecule has 1 N–H and O–H groups in total. The standard InChI is InChI=1S/C37H52N2O4/c1-25(2)31(22-26-12-10-9-11-13-26)32-23-33(32)38-29-18-20-30(21-19-29)39(35(41)43-37(6,7)8)24-27-14-16-28(17-15-27)34(40)42-36(3,4)5/h9-17,22,25,29-30,32-33,38H,18-21,23-24H2,1-8H3/t29?,30?,32-,33+/m0/s1. The van der Waals surface area contributed by atoms with Gasteiger partial charge in [-0.25, -0.2) is 9.59 Å². The highest BCUT2D eigenvalue weighted by atomic mass is 16.6. The molecule has 0 aliphatic heterocycles. The number of carbonyl (C=O) groups excluding carboxylic acids is 2. The molecule has 0 spiro atoms. The smallest absolute Gasteiger partial charge is 0.410 e. The average Bonchev–Trinajstić information content (AvgIpc) is 3.68. The molecule has 4 rings (SSSR count). The molecule has 0 unspecified atom stereocenters. The molecule has 2 aliphatic rings. The van der Waals surface area contributed by atoms with E-state index in [1.54, 1.807) is 12.1 Å². The Kier molecular flexibility index (Phi) is 10.4. The van der Waals surface area contributed by atoms with Gasteiger partial charge in [-0.15, -0.1) is 0 Å². The van der Waals surface area contributed by atoms with Crippen LogP contribution in [0.2, 0.25) is 0 Å². The first-order valence-electron chi connectivity index (χ1n) is 16.0. The van der Waals surface area contributed by atoms with Gasteiger partial charge in [0.25, 0.3) is 0 Å². The molecule has 0 radical (unpaired) electrons. The fourth-order valence-corrected chi connectivity index (χ4v) is 5.99. The van der Waals surface area contributed by atoms with E-state index in [1.807, 2.05) is 58.6 Å². The van der Waals surface area contributed by atoms with Gasteiger partial charge in [0.15, 0.2) is 0 Å². The van der Waals surface area contributed by atoms with Crippen molar-refractivity contribution >= 4 is 18.1 Å². The van der Waals surface area contributed by atoms with E-state index in [4.69, 9.17) is 9.47 Å². The first-order chi connectivity index (χ1) is 20.2. The SMILES string of the molecule is CC(C)C(=Cc1ccccc1)[C@@H]1C[C@H]1NC1CCC(N(Cc2ccc(C(=O)OC(C)(C)C)cc2)C(=O)OC(C)(C)C)CC1. The molecule has 2 fully saturated rings. The van der Waals surface area contributed by atoms with E-state index >= 15 is 0 Å². The van der Waals surface area contributed by atoms with Crippen LogP contribution in [0.5, 0.6) is 0 Å². The number of benzene rings is 2. The van der Waals surface area contributed by atoms with Crippen LogP contribution in [-0.2, 0) is 16.0 Å². The Morgan fingerprint density at radius 3 is 2.05 bits per heavy atom. The predicted octanol–water partition coefficient (Wildman–Crippen LogP) is 8.41. The molecular formula is C37H52N2O4. The van der Waals surface area contributed by atoms with Gasteiger partial charge in [0, 0.05) is 24.7 Å². The number of carbonyl (C=O) groups is 2. The fraction of sp³-hybridized carbons (Fsp3) is 0.568. The molecule has 0 saturated heterocycles. The molecule has 2 aliphatic carbocycles. The summed E-state index contributed by atoms with van der Waals surface area (Å²) in [4.78, 5) is 27.8. The van der Waals surface area contributed by atoms with Crippen LogP contribution >= 0.6 is 0 Å². The minimum absolute atomic E-state index is 0.109. The van der Waals surface area contributed by atoms with Crippen LogP contribution < -0.4 is 5.32 Å². The van der Waals surface area contributed by atoms with E-state index < -0.39 is 11.2 Å². The number of nitrogens with one attached hydrogen (secondary N) is 1. The first-order valence-corrected chi connectivity index (χ1v) is 16.0. The molecule has 6 nitrogen and oxygen atoms in total. The summed E-state index contributed by atoms with van der Waals surface area (Å²) in [6.07, 6.45) is 7.22. The van der Waals surface area contributed by atoms with E-state index in [0.29, 0.717) is 36.0 Å². The van der Waals surface area contributed by atoms with Crippen LogP contribution in [0, 0.1) is 11.8 Å². The summed E-state index contributed by atoms with van der Waals surface area (Å²) in [5.74, 6) is 0.774. The Hall–Kier alpha value is -3.12. The molecule has 234 valence electrons. The van der Waals surface area contributed by atoms with E-state index in [1.165, 1.54) is 17.6 Å². The van der Waals surface area contributed by atoms with Crippen molar-refractivity contribution in [2.24, 2.45) is 11.8 Å². The van der Waals surface area contributed by atoms with Crippen molar-refractivity contribution in [3.8, 4) is 0 Å². The van der Waals surface area contributed by atoms with Crippen molar-refractivity contribution in [3.05, 3.63) is 76.9 Å². The Labute approximate surface area is 259 Å². The lowest BCUT2D eigenvalue weighted by Crippen LogP contribution is -2.47. The first kappa shape index (κ1) is 32.8. The van der Waals surface area contributed by atoms with Gasteiger partial charge < -0.3 is 19.7 Å². The molecule has 0 bridgehead atoms. The zero-order valence-corrected chi connectivity index (χ0v) is 27.5.